The molecule has 0 saturated heterocycles. The molecule has 0 atom stereocenters. The number of nitrogens with zero attached hydrogens (tertiary/aromatic N) is 4. The van der Waals surface area contributed by atoms with Crippen LogP contribution < -0.4 is 11.2 Å². The number of benzene rings is 1. The summed E-state index contributed by atoms with van der Waals surface area (Å²) in [5, 5.41) is 12.2. The maximum atomic E-state index is 5.28. The minimum Gasteiger partial charge on any atom is -0.375 e. The number of nitrogens with one attached hydrogen (secondary N) is 1. The van der Waals surface area contributed by atoms with E-state index in [0.29, 0.717) is 5.82 Å². The molecule has 0 radical (unpaired) electrons. The normalized spacial score (nSPS) is 11.6. The Morgan fingerprint density at radius 1 is 1.44 bits per heavy atom. The number of rotatable bonds is 2. The van der Waals surface area contributed by atoms with Crippen molar-refractivity contribution in [1.82, 2.24) is 20.0 Å². The second kappa shape index (κ2) is 4.31. The van der Waals surface area contributed by atoms with Gasteiger partial charge in [-0.05, 0) is 24.4 Å². The third-order valence-corrected chi connectivity index (χ3v) is 3.42. The van der Waals surface area contributed by atoms with Gasteiger partial charge in [0.2, 0.25) is 4.96 Å². The monoisotopic (exact) mass is 276 g/mol. The van der Waals surface area contributed by atoms with E-state index in [1.54, 1.807) is 17.6 Å². The first-order chi connectivity index (χ1) is 8.75. The van der Waals surface area contributed by atoms with Crippen molar-refractivity contribution in [2.45, 2.75) is 0 Å². The van der Waals surface area contributed by atoms with E-state index >= 15 is 0 Å². The molecule has 0 spiro atoms. The fourth-order valence-corrected chi connectivity index (χ4v) is 2.66. The first-order valence-corrected chi connectivity index (χ1v) is 6.29. The zero-order valence-corrected chi connectivity index (χ0v) is 10.7. The highest BCUT2D eigenvalue weighted by molar-refractivity contribution is 7.80. The number of hydrogen-bond donors (Lipinski definition) is 2. The Balaban J connectivity index is 2.12. The molecule has 0 bridgehead atoms. The van der Waals surface area contributed by atoms with Crippen molar-refractivity contribution in [3.05, 3.63) is 30.1 Å². The van der Waals surface area contributed by atoms with Gasteiger partial charge in [0.1, 0.15) is 0 Å². The highest BCUT2D eigenvalue weighted by Gasteiger charge is 2.09. The molecule has 0 fully saturated rings. The second-order valence-corrected chi connectivity index (χ2v) is 4.93. The van der Waals surface area contributed by atoms with E-state index in [1.165, 1.54) is 0 Å². The van der Waals surface area contributed by atoms with Crippen LogP contribution >= 0.6 is 23.6 Å². The SMILES string of the molecule is NC(=S)NN=Cc1nnc2sc3ccccc3n12. The van der Waals surface area contributed by atoms with Crippen LogP contribution in [-0.2, 0) is 0 Å². The number of hydrazone groups is 1. The lowest BCUT2D eigenvalue weighted by atomic mass is 10.3. The molecule has 3 rings (SSSR count). The number of thiocarbonyl (C=S) groups is 1. The predicted molar refractivity (Wildman–Crippen MR) is 75.9 cm³/mol. The van der Waals surface area contributed by atoms with Crippen molar-refractivity contribution >= 4 is 50.1 Å². The summed E-state index contributed by atoms with van der Waals surface area (Å²) in [4.78, 5) is 0.827. The van der Waals surface area contributed by atoms with Gasteiger partial charge in [0, 0.05) is 0 Å². The Morgan fingerprint density at radius 2 is 2.28 bits per heavy atom. The highest BCUT2D eigenvalue weighted by atomic mass is 32.1. The molecule has 3 aromatic rings. The maximum absolute atomic E-state index is 5.28. The van der Waals surface area contributed by atoms with E-state index in [4.69, 9.17) is 5.73 Å². The summed E-state index contributed by atoms with van der Waals surface area (Å²) in [7, 11) is 0. The van der Waals surface area contributed by atoms with Crippen LogP contribution in [0.2, 0.25) is 0 Å². The Morgan fingerprint density at radius 3 is 3.11 bits per heavy atom. The molecule has 2 aromatic heterocycles. The fraction of sp³-hybridized carbons (Fsp3) is 0. The van der Waals surface area contributed by atoms with Crippen LogP contribution in [0, 0.1) is 0 Å². The third-order valence-electron chi connectivity index (χ3n) is 2.32. The standard InChI is InChI=1S/C10H8N6S2/c11-9(17)14-12-5-8-13-15-10-16(8)6-3-1-2-4-7(6)18-10/h1-5H,(H3,11,14,17). The number of thiazole rings is 1. The van der Waals surface area contributed by atoms with Gasteiger partial charge < -0.3 is 5.73 Å². The zero-order chi connectivity index (χ0) is 12.5. The van der Waals surface area contributed by atoms with E-state index < -0.39 is 0 Å². The van der Waals surface area contributed by atoms with Gasteiger partial charge >= 0.3 is 0 Å². The van der Waals surface area contributed by atoms with Gasteiger partial charge in [-0.3, -0.25) is 9.83 Å². The number of para-hydroxylation sites is 1. The number of fused-ring (bicyclic) bond motifs is 3. The maximum Gasteiger partial charge on any atom is 0.217 e. The molecule has 0 unspecified atom stereocenters. The van der Waals surface area contributed by atoms with Crippen molar-refractivity contribution in [1.29, 1.82) is 0 Å². The van der Waals surface area contributed by atoms with E-state index in [1.807, 2.05) is 28.7 Å². The summed E-state index contributed by atoms with van der Waals surface area (Å²) < 4.78 is 3.09. The molecule has 1 aromatic carbocycles. The Bertz CT molecular complexity index is 756. The van der Waals surface area contributed by atoms with E-state index in [2.05, 4.69) is 32.9 Å². The second-order valence-electron chi connectivity index (χ2n) is 3.48. The lowest BCUT2D eigenvalue weighted by Gasteiger charge is -1.94. The Labute approximate surface area is 111 Å². The molecule has 3 N–H and O–H groups in total. The molecule has 8 heteroatoms. The van der Waals surface area contributed by atoms with Crippen LogP contribution in [0.4, 0.5) is 0 Å². The summed E-state index contributed by atoms with van der Waals surface area (Å²) in [6, 6.07) is 8.03. The van der Waals surface area contributed by atoms with E-state index in [0.717, 1.165) is 15.2 Å². The molecule has 0 amide bonds. The molecular weight excluding hydrogens is 268 g/mol. The van der Waals surface area contributed by atoms with Gasteiger partial charge in [-0.25, -0.2) is 0 Å². The largest absolute Gasteiger partial charge is 0.375 e. The minimum atomic E-state index is 0.113. The summed E-state index contributed by atoms with van der Waals surface area (Å²) >= 11 is 6.24. The van der Waals surface area contributed by atoms with Gasteiger partial charge in [0.15, 0.2) is 10.9 Å². The first kappa shape index (κ1) is 11.1. The highest BCUT2D eigenvalue weighted by Crippen LogP contribution is 2.25. The fourth-order valence-electron chi connectivity index (χ4n) is 1.64. The van der Waals surface area contributed by atoms with Gasteiger partial charge in [-0.15, -0.1) is 10.2 Å². The summed E-state index contributed by atoms with van der Waals surface area (Å²) in [5.41, 5.74) is 8.83. The summed E-state index contributed by atoms with van der Waals surface area (Å²) in [5.74, 6) is 0.631. The van der Waals surface area contributed by atoms with E-state index in [-0.39, 0.29) is 5.11 Å². The molecule has 0 aliphatic heterocycles. The number of hydrogen-bond acceptors (Lipinski definition) is 5. The molecule has 2 heterocycles. The molecule has 0 saturated carbocycles. The lowest BCUT2D eigenvalue weighted by molar-refractivity contribution is 1.02. The van der Waals surface area contributed by atoms with Gasteiger partial charge in [-0.2, -0.15) is 5.10 Å². The number of aromatic nitrogens is 3. The van der Waals surface area contributed by atoms with Gasteiger partial charge in [-0.1, -0.05) is 23.5 Å². The molecule has 0 aliphatic rings. The zero-order valence-electron chi connectivity index (χ0n) is 9.07. The van der Waals surface area contributed by atoms with E-state index in [9.17, 15) is 0 Å². The topological polar surface area (TPSA) is 80.6 Å². The number of nitrogens with two attached hydrogens (primary N) is 1. The van der Waals surface area contributed by atoms with Crippen LogP contribution in [0.3, 0.4) is 0 Å². The third kappa shape index (κ3) is 1.81. The van der Waals surface area contributed by atoms with Crippen LogP contribution in [0.5, 0.6) is 0 Å². The summed E-state index contributed by atoms with van der Waals surface area (Å²) in [6.07, 6.45) is 1.54. The van der Waals surface area contributed by atoms with Crippen LogP contribution in [0.15, 0.2) is 29.4 Å². The van der Waals surface area contributed by atoms with Gasteiger partial charge in [0.25, 0.3) is 0 Å². The molecular formula is C10H8N6S2. The van der Waals surface area contributed by atoms with Crippen molar-refractivity contribution in [3.8, 4) is 0 Å². The average Bonchev–Trinajstić information content (AvgIpc) is 2.88. The average molecular weight is 276 g/mol. The minimum absolute atomic E-state index is 0.113. The van der Waals surface area contributed by atoms with Crippen molar-refractivity contribution in [2.24, 2.45) is 10.8 Å². The van der Waals surface area contributed by atoms with Crippen molar-refractivity contribution in [2.75, 3.05) is 0 Å². The van der Waals surface area contributed by atoms with Crippen molar-refractivity contribution in [3.63, 3.8) is 0 Å². The van der Waals surface area contributed by atoms with Crippen LogP contribution in [-0.4, -0.2) is 25.9 Å². The van der Waals surface area contributed by atoms with Crippen molar-refractivity contribution < 1.29 is 0 Å². The van der Waals surface area contributed by atoms with Gasteiger partial charge in [0.05, 0.1) is 16.4 Å². The molecule has 90 valence electrons. The quantitative estimate of drug-likeness (QED) is 0.416. The first-order valence-electron chi connectivity index (χ1n) is 5.07. The Kier molecular flexibility index (Phi) is 2.65. The Hall–Kier alpha value is -2.06. The summed E-state index contributed by atoms with van der Waals surface area (Å²) in [6.45, 7) is 0. The van der Waals surface area contributed by atoms with Crippen LogP contribution in [0.1, 0.15) is 5.82 Å². The smallest absolute Gasteiger partial charge is 0.217 e. The predicted octanol–water partition coefficient (Wildman–Crippen LogP) is 1.11. The lowest BCUT2D eigenvalue weighted by Crippen LogP contribution is -2.24. The molecule has 6 nitrogen and oxygen atoms in total. The molecule has 0 aliphatic carbocycles. The van der Waals surface area contributed by atoms with Crippen LogP contribution in [0.25, 0.3) is 15.2 Å². The molecule has 18 heavy (non-hydrogen) atoms.